The van der Waals surface area contributed by atoms with Gasteiger partial charge >= 0.3 is 0 Å². The fourth-order valence-electron chi connectivity index (χ4n) is 2.69. The topological polar surface area (TPSA) is 146 Å². The average Bonchev–Trinajstić information content (AvgIpc) is 2.76. The van der Waals surface area contributed by atoms with Crippen LogP contribution in [-0.4, -0.2) is 43.0 Å². The predicted octanol–water partition coefficient (Wildman–Crippen LogP) is 0.995. The minimum Gasteiger partial charge on any atom is -0.493 e. The third-order valence-electron chi connectivity index (χ3n) is 4.08. The average molecular weight is 417 g/mol. The number of nitrogens with zero attached hydrogens (tertiary/aromatic N) is 3. The number of pyridine rings is 1. The first kappa shape index (κ1) is 20.6. The molecule has 0 aliphatic carbocycles. The Balaban J connectivity index is 1.69. The van der Waals surface area contributed by atoms with E-state index >= 15 is 0 Å². The van der Waals surface area contributed by atoms with E-state index in [1.54, 1.807) is 31.5 Å². The van der Waals surface area contributed by atoms with Crippen LogP contribution < -0.4 is 29.8 Å². The Morgan fingerprint density at radius 2 is 2.23 bits per heavy atom. The lowest BCUT2D eigenvalue weighted by Gasteiger charge is -2.28. The van der Waals surface area contributed by atoms with Gasteiger partial charge in [-0.15, -0.1) is 0 Å². The second-order valence-electron chi connectivity index (χ2n) is 6.01. The molecule has 1 atom stereocenters. The number of carbonyl (C=O) groups excluding carboxylic acids is 1. The van der Waals surface area contributed by atoms with Gasteiger partial charge in [0, 0.05) is 29.5 Å². The van der Waals surface area contributed by atoms with Crippen molar-refractivity contribution in [1.29, 1.82) is 0 Å². The van der Waals surface area contributed by atoms with Gasteiger partial charge in [-0.05, 0) is 29.3 Å². The van der Waals surface area contributed by atoms with Crippen molar-refractivity contribution >= 4 is 12.1 Å². The molecule has 1 unspecified atom stereocenters. The van der Waals surface area contributed by atoms with Crippen LogP contribution in [0.1, 0.15) is 17.2 Å². The van der Waals surface area contributed by atoms with Crippen LogP contribution in [0.3, 0.4) is 0 Å². The van der Waals surface area contributed by atoms with Gasteiger partial charge in [0.05, 0.1) is 19.3 Å². The zero-order valence-electron chi connectivity index (χ0n) is 16.2. The number of hydrogen-bond donors (Lipinski definition) is 2. The maximum absolute atomic E-state index is 11.7. The van der Waals surface area contributed by atoms with Gasteiger partial charge in [0.1, 0.15) is 6.61 Å². The highest BCUT2D eigenvalue weighted by Gasteiger charge is 2.27. The molecular weight excluding hydrogens is 398 g/mol. The number of nitro groups is 1. The molecule has 0 bridgehead atoms. The van der Waals surface area contributed by atoms with E-state index in [9.17, 15) is 14.9 Å². The largest absolute Gasteiger partial charge is 0.493 e. The Morgan fingerprint density at radius 3 is 2.90 bits per heavy atom. The molecule has 158 valence electrons. The minimum atomic E-state index is -0.884. The first-order valence-corrected chi connectivity index (χ1v) is 8.71. The molecule has 1 aliphatic rings. The lowest BCUT2D eigenvalue weighted by atomic mass is 10.1. The summed E-state index contributed by atoms with van der Waals surface area (Å²) in [5.74, 6) is 1.24. The van der Waals surface area contributed by atoms with Gasteiger partial charge in [-0.2, -0.15) is 0 Å². The molecule has 2 aromatic rings. The normalized spacial score (nSPS) is 14.8. The molecule has 0 saturated carbocycles. The Bertz CT molecular complexity index is 931. The molecule has 1 amide bonds. The van der Waals surface area contributed by atoms with Crippen LogP contribution in [0.15, 0.2) is 35.6 Å². The molecule has 1 aliphatic heterocycles. The summed E-state index contributed by atoms with van der Waals surface area (Å²) in [5.41, 5.74) is 3.03. The fraction of sp³-hybridized carbons (Fsp3) is 0.278. The second-order valence-corrected chi connectivity index (χ2v) is 6.01. The number of hydrazine groups is 1. The van der Waals surface area contributed by atoms with Crippen molar-refractivity contribution in [3.8, 4) is 23.1 Å². The predicted molar refractivity (Wildman–Crippen MR) is 103 cm³/mol. The number of hydrogen-bond acceptors (Lipinski definition) is 9. The number of fused-ring (bicyclic) bond motifs is 1. The van der Waals surface area contributed by atoms with E-state index < -0.39 is 10.9 Å². The number of methoxy groups -OCH3 is 2. The number of carbonyl (C=O) groups is 1. The number of ether oxygens (including phenoxy) is 4. The van der Waals surface area contributed by atoms with Gasteiger partial charge in [-0.1, -0.05) is 0 Å². The molecule has 12 heteroatoms. The Kier molecular flexibility index (Phi) is 6.47. The van der Waals surface area contributed by atoms with E-state index in [0.29, 0.717) is 28.7 Å². The first-order valence-electron chi connectivity index (χ1n) is 8.71. The summed E-state index contributed by atoms with van der Waals surface area (Å²) in [6, 6.07) is 6.99. The summed E-state index contributed by atoms with van der Waals surface area (Å²) in [7, 11) is 3.04. The highest BCUT2D eigenvalue weighted by molar-refractivity contribution is 6.26. The van der Waals surface area contributed by atoms with Crippen LogP contribution in [0.4, 0.5) is 0 Å². The zero-order chi connectivity index (χ0) is 21.5. The van der Waals surface area contributed by atoms with Crippen LogP contribution in [0.25, 0.3) is 0 Å². The standard InChI is InChI=1S/C18H19N5O7/c1-27-13-5-11(7-19-16(24)9-21-22-23(25)26)6-14-18(13)30-15(10-29-14)12-3-4-17(28-2)20-8-12/h3-6,8-9,15,22H,7,10H2,1-2H3,(H,19,24). The van der Waals surface area contributed by atoms with Crippen LogP contribution >= 0.6 is 0 Å². The molecule has 30 heavy (non-hydrogen) atoms. The molecule has 0 saturated heterocycles. The van der Waals surface area contributed by atoms with Crippen molar-refractivity contribution in [2.24, 2.45) is 5.10 Å². The summed E-state index contributed by atoms with van der Waals surface area (Å²) in [6.07, 6.45) is 2.05. The van der Waals surface area contributed by atoms with Gasteiger partial charge in [0.15, 0.2) is 17.6 Å². The Hall–Kier alpha value is -4.09. The van der Waals surface area contributed by atoms with E-state index in [-0.39, 0.29) is 19.3 Å². The summed E-state index contributed by atoms with van der Waals surface area (Å²) >= 11 is 0. The highest BCUT2D eigenvalue weighted by Crippen LogP contribution is 2.44. The van der Waals surface area contributed by atoms with E-state index in [2.05, 4.69) is 15.4 Å². The number of benzene rings is 1. The molecule has 1 aromatic heterocycles. The lowest BCUT2D eigenvalue weighted by Crippen LogP contribution is -2.26. The van der Waals surface area contributed by atoms with Gasteiger partial charge < -0.3 is 34.4 Å². The molecular formula is C18H19N5O7. The van der Waals surface area contributed by atoms with Gasteiger partial charge in [0.2, 0.25) is 17.8 Å². The van der Waals surface area contributed by atoms with Gasteiger partial charge in [-0.25, -0.2) is 4.98 Å². The van der Waals surface area contributed by atoms with Crippen LogP contribution in [-0.2, 0) is 11.3 Å². The van der Waals surface area contributed by atoms with Gasteiger partial charge in [-0.3, -0.25) is 4.79 Å². The van der Waals surface area contributed by atoms with E-state index in [1.165, 1.54) is 12.6 Å². The number of amides is 1. The van der Waals surface area contributed by atoms with Crippen molar-refractivity contribution in [3.63, 3.8) is 0 Å². The SMILES string of the molecule is COc1ccc(C2COc3cc(CNC(=O)C=NN[N+](=O)[O-])cc(OC)c3O2)cn1. The third-order valence-corrected chi connectivity index (χ3v) is 4.08. The molecule has 12 nitrogen and oxygen atoms in total. The minimum absolute atomic E-state index is 0.127. The zero-order valence-corrected chi connectivity index (χ0v) is 16.2. The van der Waals surface area contributed by atoms with Crippen LogP contribution in [0.2, 0.25) is 0 Å². The van der Waals surface area contributed by atoms with Crippen LogP contribution in [0, 0.1) is 10.1 Å². The quantitative estimate of drug-likeness (QED) is 0.365. The summed E-state index contributed by atoms with van der Waals surface area (Å²) in [5, 5.41) is 14.9. The van der Waals surface area contributed by atoms with Gasteiger partial charge in [0.25, 0.3) is 5.91 Å². The summed E-state index contributed by atoms with van der Waals surface area (Å²) in [4.78, 5) is 25.9. The molecule has 3 rings (SSSR count). The molecule has 1 aromatic carbocycles. The molecule has 2 heterocycles. The Labute approximate surface area is 170 Å². The van der Waals surface area contributed by atoms with E-state index in [0.717, 1.165) is 11.8 Å². The maximum Gasteiger partial charge on any atom is 0.290 e. The summed E-state index contributed by atoms with van der Waals surface area (Å²) < 4.78 is 22.4. The third kappa shape index (κ3) is 5.04. The van der Waals surface area contributed by atoms with E-state index in [1.807, 2.05) is 6.07 Å². The maximum atomic E-state index is 11.7. The molecule has 0 radical (unpaired) electrons. The smallest absolute Gasteiger partial charge is 0.290 e. The fourth-order valence-corrected chi connectivity index (χ4v) is 2.69. The van der Waals surface area contributed by atoms with Crippen molar-refractivity contribution in [1.82, 2.24) is 15.8 Å². The number of rotatable bonds is 8. The Morgan fingerprint density at radius 1 is 1.40 bits per heavy atom. The van der Waals surface area contributed by atoms with Crippen molar-refractivity contribution in [2.75, 3.05) is 20.8 Å². The van der Waals surface area contributed by atoms with Crippen LogP contribution in [0.5, 0.6) is 23.1 Å². The molecule has 2 N–H and O–H groups in total. The van der Waals surface area contributed by atoms with Crippen molar-refractivity contribution in [2.45, 2.75) is 12.6 Å². The monoisotopic (exact) mass is 417 g/mol. The molecule has 0 spiro atoms. The number of aromatic nitrogens is 1. The summed E-state index contributed by atoms with van der Waals surface area (Å²) in [6.45, 7) is 0.390. The van der Waals surface area contributed by atoms with Crippen molar-refractivity contribution in [3.05, 3.63) is 51.7 Å². The highest BCUT2D eigenvalue weighted by atomic mass is 16.7. The van der Waals surface area contributed by atoms with Crippen molar-refractivity contribution < 1.29 is 28.8 Å². The number of hydrazone groups is 1. The molecule has 0 fully saturated rings. The number of nitrogens with one attached hydrogen (secondary N) is 2. The van der Waals surface area contributed by atoms with E-state index in [4.69, 9.17) is 18.9 Å². The second kappa shape index (κ2) is 9.41. The first-order chi connectivity index (χ1) is 14.5. The lowest BCUT2D eigenvalue weighted by molar-refractivity contribution is -0.544.